The van der Waals surface area contributed by atoms with Crippen molar-refractivity contribution in [3.8, 4) is 9.88 Å². The molecule has 0 aromatic carbocycles. The molecule has 3 aromatic rings. The van der Waals surface area contributed by atoms with Crippen LogP contribution in [-0.4, -0.2) is 22.4 Å². The largest absolute Gasteiger partial charge is 0.351 e. The zero-order chi connectivity index (χ0) is 16.1. The second-order valence-corrected chi connectivity index (χ2v) is 7.86. The second kappa shape index (κ2) is 7.81. The predicted octanol–water partition coefficient (Wildman–Crippen LogP) is 4.39. The third kappa shape index (κ3) is 4.46. The van der Waals surface area contributed by atoms with Crippen molar-refractivity contribution >= 4 is 39.9 Å². The Morgan fingerprint density at radius 1 is 1.17 bits per heavy atom. The maximum absolute atomic E-state index is 12.1. The lowest BCUT2D eigenvalue weighted by atomic mass is 10.2. The monoisotopic (exact) mass is 363 g/mol. The number of aromatic nitrogens is 2. The number of thiazole rings is 2. The molecule has 120 valence electrons. The Balaban J connectivity index is 1.41. The number of aryl methyl sites for hydroxylation is 2. The number of thiophene rings is 1. The summed E-state index contributed by atoms with van der Waals surface area (Å²) in [4.78, 5) is 22.0. The van der Waals surface area contributed by atoms with E-state index in [0.29, 0.717) is 12.2 Å². The molecule has 0 saturated carbocycles. The summed E-state index contributed by atoms with van der Waals surface area (Å²) >= 11 is 4.85. The zero-order valence-electron chi connectivity index (χ0n) is 12.7. The molecule has 3 heterocycles. The molecule has 4 nitrogen and oxygen atoms in total. The molecule has 7 heteroatoms. The summed E-state index contributed by atoms with van der Waals surface area (Å²) in [5.74, 6) is -0.0888. The van der Waals surface area contributed by atoms with E-state index < -0.39 is 0 Å². The number of rotatable bonds is 7. The van der Waals surface area contributed by atoms with Gasteiger partial charge in [0.15, 0.2) is 0 Å². The molecular weight excluding hydrogens is 346 g/mol. The highest BCUT2D eigenvalue weighted by Gasteiger charge is 2.11. The first kappa shape index (κ1) is 16.3. The summed E-state index contributed by atoms with van der Waals surface area (Å²) in [6.07, 6.45) is 2.96. The smallest absolute Gasteiger partial charge is 0.270 e. The standard InChI is InChI=1S/C16H17N3OS3/c1-11-9-22-14(18-11)6-2-3-7-17-15(20)12-10-23-16(19-12)13-5-4-8-21-13/h4-5,8-10H,2-3,6-7H2,1H3,(H,17,20). The molecular formula is C16H17N3OS3. The average molecular weight is 364 g/mol. The Hall–Kier alpha value is -1.57. The molecule has 1 N–H and O–H groups in total. The molecule has 3 rings (SSSR count). The van der Waals surface area contributed by atoms with E-state index in [-0.39, 0.29) is 5.91 Å². The maximum Gasteiger partial charge on any atom is 0.270 e. The summed E-state index contributed by atoms with van der Waals surface area (Å²) in [6.45, 7) is 2.69. The summed E-state index contributed by atoms with van der Waals surface area (Å²) < 4.78 is 0. The van der Waals surface area contributed by atoms with Crippen molar-refractivity contribution in [3.63, 3.8) is 0 Å². The van der Waals surface area contributed by atoms with Gasteiger partial charge >= 0.3 is 0 Å². The first-order chi connectivity index (χ1) is 11.2. The van der Waals surface area contributed by atoms with Crippen LogP contribution >= 0.6 is 34.0 Å². The van der Waals surface area contributed by atoms with Gasteiger partial charge < -0.3 is 5.32 Å². The molecule has 0 aliphatic carbocycles. The van der Waals surface area contributed by atoms with Crippen molar-refractivity contribution in [1.29, 1.82) is 0 Å². The van der Waals surface area contributed by atoms with Crippen LogP contribution in [0.15, 0.2) is 28.3 Å². The molecule has 0 unspecified atom stereocenters. The third-order valence-corrected chi connectivity index (χ3v) is 6.15. The molecule has 0 aliphatic rings. The molecule has 3 aromatic heterocycles. The topological polar surface area (TPSA) is 54.9 Å². The van der Waals surface area contributed by atoms with Gasteiger partial charge in [-0.05, 0) is 37.6 Å². The Morgan fingerprint density at radius 2 is 2.09 bits per heavy atom. The molecule has 1 amide bonds. The number of hydrogen-bond acceptors (Lipinski definition) is 6. The van der Waals surface area contributed by atoms with E-state index in [1.54, 1.807) is 22.7 Å². The van der Waals surface area contributed by atoms with Crippen LogP contribution in [-0.2, 0) is 6.42 Å². The van der Waals surface area contributed by atoms with Gasteiger partial charge in [0.05, 0.1) is 9.88 Å². The number of amides is 1. The van der Waals surface area contributed by atoms with E-state index >= 15 is 0 Å². The fourth-order valence-electron chi connectivity index (χ4n) is 2.10. The molecule has 0 atom stereocenters. The fraction of sp³-hybridized carbons (Fsp3) is 0.312. The van der Waals surface area contributed by atoms with Crippen LogP contribution in [0.2, 0.25) is 0 Å². The van der Waals surface area contributed by atoms with Crippen molar-refractivity contribution in [2.75, 3.05) is 6.54 Å². The highest BCUT2D eigenvalue weighted by atomic mass is 32.1. The van der Waals surface area contributed by atoms with E-state index in [1.807, 2.05) is 29.8 Å². The Kier molecular flexibility index (Phi) is 5.53. The van der Waals surface area contributed by atoms with Gasteiger partial charge in [0.25, 0.3) is 5.91 Å². The Morgan fingerprint density at radius 3 is 2.83 bits per heavy atom. The first-order valence-corrected chi connectivity index (χ1v) is 10.0. The maximum atomic E-state index is 12.1. The number of unbranched alkanes of at least 4 members (excludes halogenated alkanes) is 1. The van der Waals surface area contributed by atoms with Crippen LogP contribution in [0.1, 0.15) is 34.0 Å². The van der Waals surface area contributed by atoms with Gasteiger partial charge in [0.2, 0.25) is 0 Å². The minimum absolute atomic E-state index is 0.0888. The summed E-state index contributed by atoms with van der Waals surface area (Å²) in [5.41, 5.74) is 1.59. The highest BCUT2D eigenvalue weighted by Crippen LogP contribution is 2.27. The van der Waals surface area contributed by atoms with Crippen LogP contribution in [0.4, 0.5) is 0 Å². The van der Waals surface area contributed by atoms with Crippen LogP contribution in [0.3, 0.4) is 0 Å². The first-order valence-electron chi connectivity index (χ1n) is 7.41. The number of hydrogen-bond donors (Lipinski definition) is 1. The fourth-order valence-corrected chi connectivity index (χ4v) is 4.54. The number of carbonyl (C=O) groups is 1. The minimum Gasteiger partial charge on any atom is -0.351 e. The van der Waals surface area contributed by atoms with E-state index in [4.69, 9.17) is 0 Å². The lowest BCUT2D eigenvalue weighted by Gasteiger charge is -2.02. The van der Waals surface area contributed by atoms with Gasteiger partial charge in [0.1, 0.15) is 10.7 Å². The van der Waals surface area contributed by atoms with Crippen molar-refractivity contribution in [3.05, 3.63) is 44.7 Å². The van der Waals surface area contributed by atoms with Gasteiger partial charge in [-0.2, -0.15) is 0 Å². The zero-order valence-corrected chi connectivity index (χ0v) is 15.2. The molecule has 0 saturated heterocycles. The normalized spacial score (nSPS) is 10.8. The lowest BCUT2D eigenvalue weighted by molar-refractivity contribution is 0.0949. The highest BCUT2D eigenvalue weighted by molar-refractivity contribution is 7.20. The van der Waals surface area contributed by atoms with Crippen molar-refractivity contribution < 1.29 is 4.79 Å². The molecule has 0 spiro atoms. The summed E-state index contributed by atoms with van der Waals surface area (Å²) in [6, 6.07) is 4.01. The SMILES string of the molecule is Cc1csc(CCCCNC(=O)c2csc(-c3cccs3)n2)n1. The number of nitrogens with one attached hydrogen (secondary N) is 1. The third-order valence-electron chi connectivity index (χ3n) is 3.24. The van der Waals surface area contributed by atoms with Crippen molar-refractivity contribution in [2.24, 2.45) is 0 Å². The van der Waals surface area contributed by atoms with Crippen LogP contribution in [0.5, 0.6) is 0 Å². The van der Waals surface area contributed by atoms with Crippen LogP contribution in [0, 0.1) is 6.92 Å². The van der Waals surface area contributed by atoms with Gasteiger partial charge in [-0.25, -0.2) is 9.97 Å². The molecule has 0 aliphatic heterocycles. The summed E-state index contributed by atoms with van der Waals surface area (Å²) in [5, 5.41) is 10.9. The van der Waals surface area contributed by atoms with E-state index in [1.165, 1.54) is 16.3 Å². The number of nitrogens with zero attached hydrogens (tertiary/aromatic N) is 2. The van der Waals surface area contributed by atoms with Gasteiger partial charge in [0, 0.05) is 23.0 Å². The van der Waals surface area contributed by atoms with Gasteiger partial charge in [-0.1, -0.05) is 6.07 Å². The number of carbonyl (C=O) groups excluding carboxylic acids is 1. The average Bonchev–Trinajstić information content (AvgIpc) is 3.27. The Bertz CT molecular complexity index is 761. The molecule has 23 heavy (non-hydrogen) atoms. The van der Waals surface area contributed by atoms with Crippen molar-refractivity contribution in [1.82, 2.24) is 15.3 Å². The van der Waals surface area contributed by atoms with Gasteiger partial charge in [-0.15, -0.1) is 34.0 Å². The lowest BCUT2D eigenvalue weighted by Crippen LogP contribution is -2.24. The molecule has 0 bridgehead atoms. The van der Waals surface area contributed by atoms with Gasteiger partial charge in [-0.3, -0.25) is 4.79 Å². The van der Waals surface area contributed by atoms with E-state index in [9.17, 15) is 4.79 Å². The molecule has 0 radical (unpaired) electrons. The van der Waals surface area contributed by atoms with Crippen LogP contribution in [0.25, 0.3) is 9.88 Å². The molecule has 0 fully saturated rings. The minimum atomic E-state index is -0.0888. The predicted molar refractivity (Wildman–Crippen MR) is 97.5 cm³/mol. The Labute approximate surface area is 147 Å². The quantitative estimate of drug-likeness (QED) is 0.634. The van der Waals surface area contributed by atoms with E-state index in [2.05, 4.69) is 20.7 Å². The second-order valence-electron chi connectivity index (χ2n) is 5.11. The van der Waals surface area contributed by atoms with Crippen molar-refractivity contribution in [2.45, 2.75) is 26.2 Å². The van der Waals surface area contributed by atoms with E-state index in [0.717, 1.165) is 34.8 Å². The van der Waals surface area contributed by atoms with Crippen LogP contribution < -0.4 is 5.32 Å². The summed E-state index contributed by atoms with van der Waals surface area (Å²) in [7, 11) is 0.